The maximum atomic E-state index is 12.9. The van der Waals surface area contributed by atoms with Crippen LogP contribution in [0.4, 0.5) is 0 Å². The predicted molar refractivity (Wildman–Crippen MR) is 94.6 cm³/mol. The summed E-state index contributed by atoms with van der Waals surface area (Å²) in [6.45, 7) is 1.96. The topological polar surface area (TPSA) is 50.4 Å². The molecule has 3 aromatic rings. The maximum absolute atomic E-state index is 12.9. The Morgan fingerprint density at radius 1 is 1.23 bits per heavy atom. The van der Waals surface area contributed by atoms with Gasteiger partial charge in [0.25, 0.3) is 0 Å². The Balaban J connectivity index is 0.00000192. The Kier molecular flexibility index (Phi) is 4.10. The summed E-state index contributed by atoms with van der Waals surface area (Å²) in [5.74, 6) is 0.624. The SMILES string of the molecule is CCc1oc2ccccc2c1C(=O)c1cc(Br)c(O)c(Br)c1.[HH]. The number of phenolic OH excluding ortho intramolecular Hbond substituents is 1. The van der Waals surface area contributed by atoms with Crippen molar-refractivity contribution in [3.8, 4) is 5.75 Å². The number of aryl methyl sites for hydroxylation is 1. The van der Waals surface area contributed by atoms with Crippen LogP contribution in [0.1, 0.15) is 30.0 Å². The first-order valence-corrected chi connectivity index (χ1v) is 8.34. The van der Waals surface area contributed by atoms with Gasteiger partial charge in [-0.1, -0.05) is 25.1 Å². The highest BCUT2D eigenvalue weighted by atomic mass is 79.9. The van der Waals surface area contributed by atoms with Gasteiger partial charge in [-0.2, -0.15) is 0 Å². The number of furan rings is 1. The average molecular weight is 426 g/mol. The Hall–Kier alpha value is -1.59. The molecule has 3 rings (SSSR count). The van der Waals surface area contributed by atoms with E-state index in [1.54, 1.807) is 12.1 Å². The summed E-state index contributed by atoms with van der Waals surface area (Å²) >= 11 is 6.52. The van der Waals surface area contributed by atoms with E-state index in [0.717, 1.165) is 5.39 Å². The third-order valence-electron chi connectivity index (χ3n) is 3.50. The van der Waals surface area contributed by atoms with Gasteiger partial charge in [0, 0.05) is 18.8 Å². The molecule has 3 nitrogen and oxygen atoms in total. The van der Waals surface area contributed by atoms with E-state index < -0.39 is 0 Å². The molecule has 0 aliphatic rings. The number of para-hydroxylation sites is 1. The Bertz CT molecular complexity index is 864. The highest BCUT2D eigenvalue weighted by Crippen LogP contribution is 2.35. The first-order chi connectivity index (χ1) is 10.5. The van der Waals surface area contributed by atoms with Gasteiger partial charge >= 0.3 is 0 Å². The number of hydrogen-bond donors (Lipinski definition) is 1. The molecular formula is C17H14Br2O3. The van der Waals surface area contributed by atoms with Gasteiger partial charge in [0.15, 0.2) is 5.78 Å². The number of carbonyl (C=O) groups excluding carboxylic acids is 1. The zero-order chi connectivity index (χ0) is 15.9. The number of benzene rings is 2. The standard InChI is InChI=1S/C17H12Br2O3.H2/c1-2-13-15(10-5-3-4-6-14(10)22-13)16(20)9-7-11(18)17(21)12(19)8-9;/h3-8,21H,2H2,1H3;1H. The van der Waals surface area contributed by atoms with E-state index in [4.69, 9.17) is 4.42 Å². The molecule has 0 spiro atoms. The van der Waals surface area contributed by atoms with Crippen LogP contribution in [0.2, 0.25) is 0 Å². The molecule has 0 aliphatic carbocycles. The van der Waals surface area contributed by atoms with Crippen LogP contribution >= 0.6 is 31.9 Å². The maximum Gasteiger partial charge on any atom is 0.197 e. The second-order valence-electron chi connectivity index (χ2n) is 4.87. The average Bonchev–Trinajstić information content (AvgIpc) is 2.89. The number of halogens is 2. The highest BCUT2D eigenvalue weighted by Gasteiger charge is 2.22. The number of ketones is 1. The first kappa shape index (κ1) is 15.3. The third kappa shape index (κ3) is 2.48. The van der Waals surface area contributed by atoms with Gasteiger partial charge in [0.2, 0.25) is 0 Å². The third-order valence-corrected chi connectivity index (χ3v) is 4.70. The smallest absolute Gasteiger partial charge is 0.197 e. The predicted octanol–water partition coefficient (Wildman–Crippen LogP) is 5.70. The number of phenols is 1. The van der Waals surface area contributed by atoms with Crippen molar-refractivity contribution < 1.29 is 15.7 Å². The van der Waals surface area contributed by atoms with E-state index in [1.807, 2.05) is 31.2 Å². The van der Waals surface area contributed by atoms with Gasteiger partial charge < -0.3 is 9.52 Å². The molecule has 0 radical (unpaired) electrons. The van der Waals surface area contributed by atoms with E-state index in [2.05, 4.69) is 31.9 Å². The molecular weight excluding hydrogens is 412 g/mol. The van der Waals surface area contributed by atoms with Crippen molar-refractivity contribution in [2.75, 3.05) is 0 Å². The van der Waals surface area contributed by atoms with Crippen molar-refractivity contribution >= 4 is 48.6 Å². The number of aromatic hydroxyl groups is 1. The van der Waals surface area contributed by atoms with Crippen LogP contribution in [0.3, 0.4) is 0 Å². The Labute approximate surface area is 145 Å². The first-order valence-electron chi connectivity index (χ1n) is 6.76. The lowest BCUT2D eigenvalue weighted by molar-refractivity contribution is 0.103. The lowest BCUT2D eigenvalue weighted by atomic mass is 9.99. The molecule has 0 amide bonds. The molecule has 5 heteroatoms. The van der Waals surface area contributed by atoms with Crippen LogP contribution in [0.5, 0.6) is 5.75 Å². The fraction of sp³-hybridized carbons (Fsp3) is 0.118. The second kappa shape index (κ2) is 5.89. The summed E-state index contributed by atoms with van der Waals surface area (Å²) in [6.07, 6.45) is 0.635. The molecule has 1 N–H and O–H groups in total. The van der Waals surface area contributed by atoms with Crippen LogP contribution in [0, 0.1) is 0 Å². The minimum atomic E-state index is -0.122. The molecule has 22 heavy (non-hydrogen) atoms. The normalized spacial score (nSPS) is 11.0. The molecule has 114 valence electrons. The van der Waals surface area contributed by atoms with Gasteiger partial charge in [0.1, 0.15) is 17.1 Å². The Morgan fingerprint density at radius 3 is 2.50 bits per heavy atom. The zero-order valence-electron chi connectivity index (χ0n) is 11.7. The summed E-state index contributed by atoms with van der Waals surface area (Å²) in [5.41, 5.74) is 1.78. The molecule has 2 aromatic carbocycles. The summed E-state index contributed by atoms with van der Waals surface area (Å²) in [7, 11) is 0. The van der Waals surface area contributed by atoms with Crippen LogP contribution in [0.25, 0.3) is 11.0 Å². The minimum Gasteiger partial charge on any atom is -0.506 e. The fourth-order valence-corrected chi connectivity index (χ4v) is 3.62. The molecule has 0 bridgehead atoms. The molecule has 1 aromatic heterocycles. The minimum absolute atomic E-state index is 0. The van der Waals surface area contributed by atoms with Crippen molar-refractivity contribution in [1.29, 1.82) is 0 Å². The van der Waals surface area contributed by atoms with E-state index in [9.17, 15) is 9.90 Å². The molecule has 1 heterocycles. The number of rotatable bonds is 3. The van der Waals surface area contributed by atoms with Gasteiger partial charge in [-0.15, -0.1) is 0 Å². The lowest BCUT2D eigenvalue weighted by Gasteiger charge is -2.06. The summed E-state index contributed by atoms with van der Waals surface area (Å²) < 4.78 is 6.72. The van der Waals surface area contributed by atoms with Gasteiger partial charge in [-0.05, 0) is 50.1 Å². The molecule has 0 saturated heterocycles. The largest absolute Gasteiger partial charge is 0.506 e. The van der Waals surface area contributed by atoms with Crippen molar-refractivity contribution in [3.05, 3.63) is 62.2 Å². The molecule has 0 aliphatic heterocycles. The summed E-state index contributed by atoms with van der Waals surface area (Å²) in [4.78, 5) is 12.9. The van der Waals surface area contributed by atoms with E-state index in [1.165, 1.54) is 0 Å². The number of fused-ring (bicyclic) bond motifs is 1. The Morgan fingerprint density at radius 2 is 1.86 bits per heavy atom. The second-order valence-corrected chi connectivity index (χ2v) is 6.58. The van der Waals surface area contributed by atoms with Crippen LogP contribution < -0.4 is 0 Å². The molecule has 0 saturated carbocycles. The molecule has 0 unspecified atom stereocenters. The van der Waals surface area contributed by atoms with Crippen LogP contribution in [-0.4, -0.2) is 10.9 Å². The molecule has 0 fully saturated rings. The van der Waals surface area contributed by atoms with Crippen molar-refractivity contribution in [2.24, 2.45) is 0 Å². The van der Waals surface area contributed by atoms with Gasteiger partial charge in [-0.25, -0.2) is 0 Å². The van der Waals surface area contributed by atoms with Gasteiger partial charge in [-0.3, -0.25) is 4.79 Å². The van der Waals surface area contributed by atoms with E-state index >= 15 is 0 Å². The van der Waals surface area contributed by atoms with Gasteiger partial charge in [0.05, 0.1) is 14.5 Å². The monoisotopic (exact) mass is 424 g/mol. The van der Waals surface area contributed by atoms with E-state index in [0.29, 0.717) is 37.8 Å². The van der Waals surface area contributed by atoms with Crippen LogP contribution in [-0.2, 0) is 6.42 Å². The highest BCUT2D eigenvalue weighted by molar-refractivity contribution is 9.11. The fourth-order valence-electron chi connectivity index (χ4n) is 2.43. The lowest BCUT2D eigenvalue weighted by Crippen LogP contribution is -2.03. The molecule has 0 atom stereocenters. The van der Waals surface area contributed by atoms with Crippen molar-refractivity contribution in [3.63, 3.8) is 0 Å². The van der Waals surface area contributed by atoms with E-state index in [-0.39, 0.29) is 13.0 Å². The number of hydrogen-bond acceptors (Lipinski definition) is 3. The quantitative estimate of drug-likeness (QED) is 0.547. The van der Waals surface area contributed by atoms with Crippen LogP contribution in [0.15, 0.2) is 49.8 Å². The number of carbonyl (C=O) groups is 1. The van der Waals surface area contributed by atoms with Crippen molar-refractivity contribution in [2.45, 2.75) is 13.3 Å². The zero-order valence-corrected chi connectivity index (χ0v) is 14.9. The summed E-state index contributed by atoms with van der Waals surface area (Å²) in [5, 5.41) is 10.6. The van der Waals surface area contributed by atoms with Crippen molar-refractivity contribution in [1.82, 2.24) is 0 Å². The summed E-state index contributed by atoms with van der Waals surface area (Å²) in [6, 6.07) is 10.7.